The Balaban J connectivity index is 0.00000109. The van der Waals surface area contributed by atoms with Crippen molar-refractivity contribution in [2.75, 3.05) is 0 Å². The van der Waals surface area contributed by atoms with Crippen LogP contribution in [0.15, 0.2) is 42.9 Å². The quantitative estimate of drug-likeness (QED) is 0.477. The molecular weight excluding hydrogens is 346 g/mol. The van der Waals surface area contributed by atoms with Gasteiger partial charge in [0.2, 0.25) is 0 Å². The molecule has 5 nitrogen and oxygen atoms in total. The Morgan fingerprint density at radius 2 is 1.21 bits per heavy atom. The predicted molar refractivity (Wildman–Crippen MR) is 115 cm³/mol. The summed E-state index contributed by atoms with van der Waals surface area (Å²) in [5.41, 5.74) is 8.70. The molecule has 0 saturated carbocycles. The number of aromatic nitrogens is 5. The Morgan fingerprint density at radius 3 is 1.71 bits per heavy atom. The molecule has 0 spiro atoms. The van der Waals surface area contributed by atoms with Gasteiger partial charge in [0.1, 0.15) is 11.6 Å². The highest BCUT2D eigenvalue weighted by atomic mass is 14.9. The van der Waals surface area contributed by atoms with Crippen LogP contribution in [0.1, 0.15) is 36.6 Å². The lowest BCUT2D eigenvalue weighted by Gasteiger charge is -2.11. The van der Waals surface area contributed by atoms with Gasteiger partial charge < -0.3 is 9.97 Å². The smallest absolute Gasteiger partial charge is 0.103 e. The van der Waals surface area contributed by atoms with Crippen molar-refractivity contribution in [2.45, 2.75) is 41.5 Å². The largest absolute Gasteiger partial charge is 0.342 e. The van der Waals surface area contributed by atoms with Gasteiger partial charge in [-0.15, -0.1) is 0 Å². The van der Waals surface area contributed by atoms with Gasteiger partial charge in [0.15, 0.2) is 0 Å². The van der Waals surface area contributed by atoms with Crippen molar-refractivity contribution in [3.8, 4) is 33.8 Å². The van der Waals surface area contributed by atoms with Gasteiger partial charge in [0, 0.05) is 17.3 Å². The molecule has 0 amide bonds. The summed E-state index contributed by atoms with van der Waals surface area (Å²) in [6.07, 6.45) is 5.62. The second-order valence-electron chi connectivity index (χ2n) is 6.68. The Hall–Kier alpha value is -3.21. The number of pyridine rings is 1. The van der Waals surface area contributed by atoms with Gasteiger partial charge in [-0.3, -0.25) is 4.98 Å². The molecule has 0 unspecified atom stereocenters. The van der Waals surface area contributed by atoms with E-state index in [1.54, 1.807) is 0 Å². The van der Waals surface area contributed by atoms with E-state index < -0.39 is 0 Å². The molecule has 144 valence electrons. The molecule has 5 heteroatoms. The van der Waals surface area contributed by atoms with E-state index in [9.17, 15) is 0 Å². The molecule has 0 atom stereocenters. The number of H-pyrrole nitrogens is 2. The highest BCUT2D eigenvalue weighted by Crippen LogP contribution is 2.30. The van der Waals surface area contributed by atoms with E-state index in [1.807, 2.05) is 46.3 Å². The monoisotopic (exact) mass is 373 g/mol. The number of nitrogens with one attached hydrogen (secondary N) is 2. The second kappa shape index (κ2) is 8.21. The van der Waals surface area contributed by atoms with Crippen LogP contribution in [0.5, 0.6) is 0 Å². The fourth-order valence-corrected chi connectivity index (χ4v) is 3.24. The summed E-state index contributed by atoms with van der Waals surface area (Å²) in [6.45, 7) is 12.1. The fraction of sp³-hybridized carbons (Fsp3) is 0.261. The molecule has 4 rings (SSSR count). The summed E-state index contributed by atoms with van der Waals surface area (Å²) < 4.78 is 0. The minimum Gasteiger partial charge on any atom is -0.342 e. The zero-order valence-electron chi connectivity index (χ0n) is 17.4. The maximum absolute atomic E-state index is 4.73. The van der Waals surface area contributed by atoms with Crippen LogP contribution in [-0.2, 0) is 0 Å². The summed E-state index contributed by atoms with van der Waals surface area (Å²) in [6, 6.07) is 8.58. The lowest BCUT2D eigenvalue weighted by atomic mass is 9.97. The first-order valence-corrected chi connectivity index (χ1v) is 9.63. The van der Waals surface area contributed by atoms with Crippen LogP contribution in [-0.4, -0.2) is 24.9 Å². The summed E-state index contributed by atoms with van der Waals surface area (Å²) in [4.78, 5) is 19.8. The summed E-state index contributed by atoms with van der Waals surface area (Å²) in [5, 5.41) is 0. The first-order valence-electron chi connectivity index (χ1n) is 9.63. The van der Waals surface area contributed by atoms with E-state index in [2.05, 4.69) is 58.0 Å². The van der Waals surface area contributed by atoms with Gasteiger partial charge in [0.25, 0.3) is 0 Å². The van der Waals surface area contributed by atoms with Gasteiger partial charge in [-0.25, -0.2) is 9.97 Å². The molecule has 3 heterocycles. The average Bonchev–Trinajstić information content (AvgIpc) is 3.32. The number of nitrogens with zero attached hydrogens (tertiary/aromatic N) is 3. The Bertz CT molecular complexity index is 1000. The molecule has 2 N–H and O–H groups in total. The highest BCUT2D eigenvalue weighted by molar-refractivity contribution is 5.73. The predicted octanol–water partition coefficient (Wildman–Crippen LogP) is 5.79. The Morgan fingerprint density at radius 1 is 0.643 bits per heavy atom. The number of rotatable bonds is 3. The summed E-state index contributed by atoms with van der Waals surface area (Å²) >= 11 is 0. The molecule has 0 bridgehead atoms. The third kappa shape index (κ3) is 3.88. The molecule has 1 aromatic carbocycles. The molecule has 0 fully saturated rings. The first kappa shape index (κ1) is 19.5. The van der Waals surface area contributed by atoms with E-state index in [0.29, 0.717) is 0 Å². The standard InChI is InChI=1S/C21H21N5.C2H6/c1-12-7-16(19-10-22-14(3)25-19)5-6-18(12)21-13(2)8-17(9-24-21)20-11-23-15(4)26-20;1-2/h5-11H,1-4H3,(H,22,25)(H,23,26);1-2H3. The third-order valence-corrected chi connectivity index (χ3v) is 4.59. The lowest BCUT2D eigenvalue weighted by Crippen LogP contribution is -1.93. The molecule has 3 aromatic heterocycles. The zero-order valence-corrected chi connectivity index (χ0v) is 17.4. The van der Waals surface area contributed by atoms with Crippen molar-refractivity contribution in [1.82, 2.24) is 24.9 Å². The summed E-state index contributed by atoms with van der Waals surface area (Å²) in [5.74, 6) is 1.83. The zero-order chi connectivity index (χ0) is 20.3. The van der Waals surface area contributed by atoms with E-state index in [4.69, 9.17) is 4.98 Å². The maximum Gasteiger partial charge on any atom is 0.103 e. The maximum atomic E-state index is 4.73. The van der Waals surface area contributed by atoms with Crippen molar-refractivity contribution in [3.63, 3.8) is 0 Å². The minimum absolute atomic E-state index is 0.905. The van der Waals surface area contributed by atoms with Crippen LogP contribution >= 0.6 is 0 Å². The van der Waals surface area contributed by atoms with Crippen LogP contribution in [0.2, 0.25) is 0 Å². The first-order chi connectivity index (χ1) is 13.5. The number of aryl methyl sites for hydroxylation is 4. The Labute approximate surface area is 166 Å². The van der Waals surface area contributed by atoms with E-state index in [0.717, 1.165) is 51.0 Å². The molecule has 28 heavy (non-hydrogen) atoms. The van der Waals surface area contributed by atoms with Gasteiger partial charge >= 0.3 is 0 Å². The van der Waals surface area contributed by atoms with Crippen LogP contribution in [0.4, 0.5) is 0 Å². The van der Waals surface area contributed by atoms with E-state index in [1.165, 1.54) is 5.56 Å². The molecule has 0 aliphatic carbocycles. The number of hydrogen-bond donors (Lipinski definition) is 2. The normalized spacial score (nSPS) is 10.5. The van der Waals surface area contributed by atoms with Crippen molar-refractivity contribution in [2.24, 2.45) is 0 Å². The second-order valence-corrected chi connectivity index (χ2v) is 6.68. The minimum atomic E-state index is 0.905. The van der Waals surface area contributed by atoms with E-state index in [-0.39, 0.29) is 0 Å². The van der Waals surface area contributed by atoms with Gasteiger partial charge in [-0.2, -0.15) is 0 Å². The number of aromatic amines is 2. The molecule has 0 aliphatic rings. The van der Waals surface area contributed by atoms with Crippen molar-refractivity contribution in [3.05, 3.63) is 65.6 Å². The molecular formula is C23H27N5. The van der Waals surface area contributed by atoms with Crippen molar-refractivity contribution < 1.29 is 0 Å². The number of benzene rings is 1. The Kier molecular flexibility index (Phi) is 5.73. The van der Waals surface area contributed by atoms with Crippen molar-refractivity contribution in [1.29, 1.82) is 0 Å². The van der Waals surface area contributed by atoms with Gasteiger partial charge in [-0.1, -0.05) is 26.0 Å². The lowest BCUT2D eigenvalue weighted by molar-refractivity contribution is 1.15. The third-order valence-electron chi connectivity index (χ3n) is 4.59. The highest BCUT2D eigenvalue weighted by Gasteiger charge is 2.11. The number of imidazole rings is 2. The molecule has 0 radical (unpaired) electrons. The van der Waals surface area contributed by atoms with Crippen molar-refractivity contribution >= 4 is 0 Å². The molecule has 0 aliphatic heterocycles. The molecule has 4 aromatic rings. The summed E-state index contributed by atoms with van der Waals surface area (Å²) in [7, 11) is 0. The van der Waals surface area contributed by atoms with Crippen LogP contribution < -0.4 is 0 Å². The van der Waals surface area contributed by atoms with Gasteiger partial charge in [0.05, 0.1) is 29.5 Å². The fourth-order valence-electron chi connectivity index (χ4n) is 3.24. The number of hydrogen-bond acceptors (Lipinski definition) is 3. The molecule has 0 saturated heterocycles. The topological polar surface area (TPSA) is 70.2 Å². The SMILES string of the molecule is CC.Cc1ncc(-c2ccc(-c3ncc(-c4cnc(C)[nH]4)cc3C)c(C)c2)[nH]1. The van der Waals surface area contributed by atoms with Crippen LogP contribution in [0.25, 0.3) is 33.8 Å². The van der Waals surface area contributed by atoms with E-state index >= 15 is 0 Å². The average molecular weight is 374 g/mol. The van der Waals surface area contributed by atoms with Crippen LogP contribution in [0, 0.1) is 27.7 Å². The van der Waals surface area contributed by atoms with Gasteiger partial charge in [-0.05, 0) is 56.5 Å². The van der Waals surface area contributed by atoms with Crippen LogP contribution in [0.3, 0.4) is 0 Å².